The van der Waals surface area contributed by atoms with Gasteiger partial charge in [-0.1, -0.05) is 6.07 Å². The minimum absolute atomic E-state index is 0.0763. The van der Waals surface area contributed by atoms with Crippen LogP contribution in [-0.2, 0) is 16.1 Å². The fourth-order valence-corrected chi connectivity index (χ4v) is 2.17. The van der Waals surface area contributed by atoms with Crippen LogP contribution in [0, 0.1) is 0 Å². The highest BCUT2D eigenvalue weighted by Gasteiger charge is 2.30. The normalized spacial score (nSPS) is 18.3. The lowest BCUT2D eigenvalue weighted by atomic mass is 10.2. The third-order valence-electron chi connectivity index (χ3n) is 3.34. The van der Waals surface area contributed by atoms with Gasteiger partial charge in [-0.25, -0.2) is 9.59 Å². The predicted octanol–water partition coefficient (Wildman–Crippen LogP) is 0.809. The number of carbonyl (C=O) groups is 2. The summed E-state index contributed by atoms with van der Waals surface area (Å²) in [4.78, 5) is 30.8. The Morgan fingerprint density at radius 3 is 2.95 bits per heavy atom. The first-order chi connectivity index (χ1) is 10.1. The number of nitrogens with zero attached hydrogens (tertiary/aromatic N) is 3. The number of aliphatic carboxylic acids is 1. The number of pyridine rings is 1. The molecule has 1 aliphatic rings. The molecule has 1 aliphatic heterocycles. The molecular formula is C14H19N3O4. The van der Waals surface area contributed by atoms with Crippen molar-refractivity contribution in [3.8, 4) is 0 Å². The number of rotatable bonds is 4. The molecule has 2 heterocycles. The van der Waals surface area contributed by atoms with Crippen LogP contribution in [0.25, 0.3) is 0 Å². The number of carboxylic acids is 1. The molecule has 1 fully saturated rings. The molecule has 0 aromatic carbocycles. The molecule has 2 amide bonds. The Morgan fingerprint density at radius 1 is 1.52 bits per heavy atom. The zero-order chi connectivity index (χ0) is 15.2. The van der Waals surface area contributed by atoms with E-state index >= 15 is 0 Å². The van der Waals surface area contributed by atoms with Gasteiger partial charge in [-0.2, -0.15) is 0 Å². The molecule has 0 radical (unpaired) electrons. The molecule has 1 atom stereocenters. The van der Waals surface area contributed by atoms with Crippen molar-refractivity contribution in [1.82, 2.24) is 14.8 Å². The first kappa shape index (κ1) is 15.2. The number of aromatic nitrogens is 1. The highest BCUT2D eigenvalue weighted by molar-refractivity contribution is 5.77. The highest BCUT2D eigenvalue weighted by atomic mass is 16.5. The van der Waals surface area contributed by atoms with Gasteiger partial charge in [-0.15, -0.1) is 0 Å². The van der Waals surface area contributed by atoms with E-state index in [2.05, 4.69) is 4.98 Å². The van der Waals surface area contributed by atoms with Crippen molar-refractivity contribution in [2.75, 3.05) is 26.2 Å². The Morgan fingerprint density at radius 2 is 2.33 bits per heavy atom. The maximum Gasteiger partial charge on any atom is 0.334 e. The molecule has 2 rings (SSSR count). The summed E-state index contributed by atoms with van der Waals surface area (Å²) in [6.07, 6.45) is 0.735. The van der Waals surface area contributed by atoms with Crippen molar-refractivity contribution in [2.45, 2.75) is 19.6 Å². The van der Waals surface area contributed by atoms with Gasteiger partial charge >= 0.3 is 12.0 Å². The molecule has 7 heteroatoms. The Kier molecular flexibility index (Phi) is 5.10. The molecule has 7 nitrogen and oxygen atoms in total. The molecule has 0 saturated carbocycles. The van der Waals surface area contributed by atoms with Gasteiger partial charge < -0.3 is 19.6 Å². The quantitative estimate of drug-likeness (QED) is 0.888. The molecule has 1 unspecified atom stereocenters. The maximum absolute atomic E-state index is 12.5. The molecule has 1 aromatic rings. The van der Waals surface area contributed by atoms with Crippen LogP contribution in [0.5, 0.6) is 0 Å². The lowest BCUT2D eigenvalue weighted by molar-refractivity contribution is -0.154. The summed E-state index contributed by atoms with van der Waals surface area (Å²) in [7, 11) is 0. The van der Waals surface area contributed by atoms with E-state index in [0.29, 0.717) is 19.6 Å². The fourth-order valence-electron chi connectivity index (χ4n) is 2.17. The first-order valence-corrected chi connectivity index (χ1v) is 6.90. The van der Waals surface area contributed by atoms with Crippen LogP contribution in [0.15, 0.2) is 24.4 Å². The van der Waals surface area contributed by atoms with Gasteiger partial charge in [0.25, 0.3) is 0 Å². The van der Waals surface area contributed by atoms with E-state index in [4.69, 9.17) is 9.84 Å². The van der Waals surface area contributed by atoms with Crippen molar-refractivity contribution in [3.05, 3.63) is 30.1 Å². The summed E-state index contributed by atoms with van der Waals surface area (Å²) in [6, 6.07) is 5.37. The smallest absolute Gasteiger partial charge is 0.334 e. The van der Waals surface area contributed by atoms with Crippen molar-refractivity contribution < 1.29 is 19.4 Å². The van der Waals surface area contributed by atoms with E-state index in [0.717, 1.165) is 5.69 Å². The summed E-state index contributed by atoms with van der Waals surface area (Å²) in [5.74, 6) is -1.04. The van der Waals surface area contributed by atoms with E-state index in [-0.39, 0.29) is 19.2 Å². The Hall–Kier alpha value is -2.15. The summed E-state index contributed by atoms with van der Waals surface area (Å²) in [5, 5.41) is 8.98. The average molecular weight is 293 g/mol. The van der Waals surface area contributed by atoms with Gasteiger partial charge in [0.2, 0.25) is 0 Å². The number of carboxylic acid groups (broad SMARTS) is 1. The predicted molar refractivity (Wildman–Crippen MR) is 74.7 cm³/mol. The average Bonchev–Trinajstić information content (AvgIpc) is 2.53. The van der Waals surface area contributed by atoms with Crippen LogP contribution in [-0.4, -0.2) is 64.2 Å². The second kappa shape index (κ2) is 7.03. The molecule has 0 aliphatic carbocycles. The van der Waals surface area contributed by atoms with E-state index in [1.807, 2.05) is 25.1 Å². The minimum atomic E-state index is -1.04. The van der Waals surface area contributed by atoms with Crippen LogP contribution in [0.2, 0.25) is 0 Å². The zero-order valence-corrected chi connectivity index (χ0v) is 11.9. The van der Waals surface area contributed by atoms with Gasteiger partial charge in [0.15, 0.2) is 6.10 Å². The molecule has 0 spiro atoms. The molecule has 1 saturated heterocycles. The fraction of sp³-hybridized carbons (Fsp3) is 0.500. The van der Waals surface area contributed by atoms with Crippen molar-refractivity contribution in [1.29, 1.82) is 0 Å². The number of carbonyl (C=O) groups excluding carboxylic acids is 1. The van der Waals surface area contributed by atoms with Crippen LogP contribution in [0.4, 0.5) is 4.79 Å². The number of urea groups is 1. The van der Waals surface area contributed by atoms with Gasteiger partial charge in [0, 0.05) is 19.3 Å². The van der Waals surface area contributed by atoms with Crippen LogP contribution >= 0.6 is 0 Å². The summed E-state index contributed by atoms with van der Waals surface area (Å²) in [6.45, 7) is 3.55. The van der Waals surface area contributed by atoms with E-state index in [1.165, 1.54) is 4.90 Å². The molecule has 1 aromatic heterocycles. The number of amides is 2. The number of morpholine rings is 1. The Bertz CT molecular complexity index is 494. The van der Waals surface area contributed by atoms with Gasteiger partial charge in [0.05, 0.1) is 25.4 Å². The lowest BCUT2D eigenvalue weighted by Gasteiger charge is -2.34. The van der Waals surface area contributed by atoms with Gasteiger partial charge in [-0.3, -0.25) is 4.98 Å². The van der Waals surface area contributed by atoms with Crippen molar-refractivity contribution in [3.63, 3.8) is 0 Å². The van der Waals surface area contributed by atoms with Gasteiger partial charge in [0.1, 0.15) is 0 Å². The molecule has 21 heavy (non-hydrogen) atoms. The maximum atomic E-state index is 12.5. The molecule has 114 valence electrons. The zero-order valence-electron chi connectivity index (χ0n) is 11.9. The van der Waals surface area contributed by atoms with Crippen molar-refractivity contribution >= 4 is 12.0 Å². The minimum Gasteiger partial charge on any atom is -0.479 e. The van der Waals surface area contributed by atoms with Gasteiger partial charge in [-0.05, 0) is 19.1 Å². The number of hydrogen-bond donors (Lipinski definition) is 1. The highest BCUT2D eigenvalue weighted by Crippen LogP contribution is 2.11. The Balaban J connectivity index is 2.00. The van der Waals surface area contributed by atoms with E-state index in [1.54, 1.807) is 11.1 Å². The molecule has 0 bridgehead atoms. The Labute approximate surface area is 123 Å². The van der Waals surface area contributed by atoms with Crippen LogP contribution in [0.3, 0.4) is 0 Å². The van der Waals surface area contributed by atoms with E-state index < -0.39 is 12.1 Å². The summed E-state index contributed by atoms with van der Waals surface area (Å²) < 4.78 is 5.13. The van der Waals surface area contributed by atoms with Crippen molar-refractivity contribution in [2.24, 2.45) is 0 Å². The monoisotopic (exact) mass is 293 g/mol. The second-order valence-electron chi connectivity index (χ2n) is 4.76. The molecule has 1 N–H and O–H groups in total. The third kappa shape index (κ3) is 3.91. The summed E-state index contributed by atoms with van der Waals surface area (Å²) in [5.41, 5.74) is 0.802. The topological polar surface area (TPSA) is 83.0 Å². The van der Waals surface area contributed by atoms with Crippen LogP contribution < -0.4 is 0 Å². The van der Waals surface area contributed by atoms with Crippen LogP contribution in [0.1, 0.15) is 12.6 Å². The lowest BCUT2D eigenvalue weighted by Crippen LogP contribution is -2.52. The third-order valence-corrected chi connectivity index (χ3v) is 3.34. The summed E-state index contributed by atoms with van der Waals surface area (Å²) >= 11 is 0. The van der Waals surface area contributed by atoms with E-state index in [9.17, 15) is 9.59 Å². The molecular weight excluding hydrogens is 274 g/mol. The number of hydrogen-bond acceptors (Lipinski definition) is 4. The standard InChI is InChI=1S/C14H19N3O4/c1-2-16(9-11-5-3-4-6-15-11)14(20)17-7-8-21-12(10-17)13(18)19/h3-6,12H,2,7-10H2,1H3,(H,18,19). The SMILES string of the molecule is CCN(Cc1ccccn1)C(=O)N1CCOC(C(=O)O)C1. The second-order valence-corrected chi connectivity index (χ2v) is 4.76. The first-order valence-electron chi connectivity index (χ1n) is 6.90. The number of ether oxygens (including phenoxy) is 1. The largest absolute Gasteiger partial charge is 0.479 e.